The molecule has 5 rings (SSSR count). The van der Waals surface area contributed by atoms with E-state index >= 15 is 0 Å². The summed E-state index contributed by atoms with van der Waals surface area (Å²) in [5.74, 6) is 1.79. The van der Waals surface area contributed by atoms with Crippen molar-refractivity contribution in [3.05, 3.63) is 106 Å². The van der Waals surface area contributed by atoms with Gasteiger partial charge in [-0.15, -0.1) is 0 Å². The van der Waals surface area contributed by atoms with Crippen LogP contribution in [0.25, 0.3) is 0 Å². The molecule has 164 valence electrons. The van der Waals surface area contributed by atoms with Gasteiger partial charge in [0.25, 0.3) is 0 Å². The fourth-order valence-corrected chi connectivity index (χ4v) is 5.66. The molecule has 0 fully saturated rings. The Balaban J connectivity index is 1.88. The molecule has 4 aromatic rings. The maximum absolute atomic E-state index is 6.35. The lowest BCUT2D eigenvalue weighted by atomic mass is 9.44. The molecule has 0 aliphatic carbocycles. The van der Waals surface area contributed by atoms with E-state index in [0.717, 1.165) is 22.9 Å². The summed E-state index contributed by atoms with van der Waals surface area (Å²) < 4.78 is 6.35. The fourth-order valence-electron chi connectivity index (χ4n) is 5.66. The number of aryl methyl sites for hydroxylation is 6. The van der Waals surface area contributed by atoms with Gasteiger partial charge >= 0.3 is 6.85 Å². The highest BCUT2D eigenvalue weighted by Gasteiger charge is 2.38. The van der Waals surface area contributed by atoms with Crippen molar-refractivity contribution in [1.82, 2.24) is 0 Å². The first-order chi connectivity index (χ1) is 15.8. The molecule has 0 unspecified atom stereocenters. The summed E-state index contributed by atoms with van der Waals surface area (Å²) in [4.78, 5) is 2.49. The number of benzene rings is 4. The normalized spacial score (nSPS) is 12.1. The van der Waals surface area contributed by atoms with Crippen molar-refractivity contribution in [3.63, 3.8) is 0 Å². The molecule has 1 heterocycles. The summed E-state index contributed by atoms with van der Waals surface area (Å²) in [5, 5.41) is 0. The van der Waals surface area contributed by atoms with Crippen LogP contribution in [-0.2, 0) is 0 Å². The highest BCUT2D eigenvalue weighted by Crippen LogP contribution is 2.47. The topological polar surface area (TPSA) is 12.5 Å². The maximum Gasteiger partial charge on any atom is 0.329 e. The van der Waals surface area contributed by atoms with E-state index in [-0.39, 0.29) is 6.85 Å². The lowest BCUT2D eigenvalue weighted by Crippen LogP contribution is -2.58. The van der Waals surface area contributed by atoms with Gasteiger partial charge in [-0.3, -0.25) is 0 Å². The number of fused-ring (bicyclic) bond motifs is 2. The van der Waals surface area contributed by atoms with Crippen LogP contribution in [0.15, 0.2) is 72.8 Å². The summed E-state index contributed by atoms with van der Waals surface area (Å²) in [7, 11) is 0. The van der Waals surface area contributed by atoms with Gasteiger partial charge in [0.05, 0.1) is 11.4 Å². The monoisotopic (exact) mass is 431 g/mol. The molecule has 0 saturated carbocycles. The van der Waals surface area contributed by atoms with Crippen molar-refractivity contribution in [2.75, 3.05) is 4.81 Å². The van der Waals surface area contributed by atoms with Crippen LogP contribution in [0.1, 0.15) is 33.4 Å². The Labute approximate surface area is 198 Å². The molecule has 2 nitrogen and oxygen atoms in total. The Hall–Kier alpha value is -3.46. The average molecular weight is 431 g/mol. The lowest BCUT2D eigenvalue weighted by molar-refractivity contribution is 0.478. The summed E-state index contributed by atoms with van der Waals surface area (Å²) in [6, 6.07) is 26.0. The number of ether oxygens (including phenoxy) is 1. The first-order valence-corrected chi connectivity index (χ1v) is 11.7. The molecule has 33 heavy (non-hydrogen) atoms. The number of nitrogens with zero attached hydrogens (tertiary/aromatic N) is 1. The van der Waals surface area contributed by atoms with E-state index in [1.165, 1.54) is 44.3 Å². The van der Waals surface area contributed by atoms with Gasteiger partial charge in [-0.05, 0) is 76.7 Å². The standard InChI is InChI=1S/C30H30BNO/c1-19-15-21(3)29(22(4)16-19)31(30-23(5)17-20(2)18-24(30)6)32-25-11-7-9-13-27(25)33-28-14-10-8-12-26(28)32/h7-18H,1-6H3. The first-order valence-electron chi connectivity index (χ1n) is 11.7. The van der Waals surface area contributed by atoms with E-state index in [2.05, 4.69) is 107 Å². The number of anilines is 2. The fraction of sp³-hybridized carbons (Fsp3) is 0.200. The molecular weight excluding hydrogens is 401 g/mol. The molecule has 0 aromatic heterocycles. The van der Waals surface area contributed by atoms with Gasteiger partial charge in [0.2, 0.25) is 0 Å². The Morgan fingerprint density at radius 3 is 1.30 bits per heavy atom. The Bertz CT molecular complexity index is 1220. The molecule has 3 heteroatoms. The number of hydrogen-bond donors (Lipinski definition) is 0. The smallest absolute Gasteiger partial charge is 0.329 e. The molecule has 0 spiro atoms. The van der Waals surface area contributed by atoms with E-state index in [4.69, 9.17) is 4.74 Å². The third-order valence-electron chi connectivity index (χ3n) is 6.75. The Morgan fingerprint density at radius 1 is 0.545 bits per heavy atom. The highest BCUT2D eigenvalue weighted by molar-refractivity contribution is 6.90. The quantitative estimate of drug-likeness (QED) is 0.340. The zero-order valence-corrected chi connectivity index (χ0v) is 20.4. The molecule has 1 aliphatic rings. The van der Waals surface area contributed by atoms with Crippen LogP contribution in [0.5, 0.6) is 11.5 Å². The highest BCUT2D eigenvalue weighted by atomic mass is 16.5. The van der Waals surface area contributed by atoms with Crippen LogP contribution in [0.4, 0.5) is 11.4 Å². The van der Waals surface area contributed by atoms with E-state index in [1.807, 2.05) is 12.1 Å². The summed E-state index contributed by atoms with van der Waals surface area (Å²) in [5.41, 5.74) is 12.8. The van der Waals surface area contributed by atoms with E-state index in [1.54, 1.807) is 0 Å². The van der Waals surface area contributed by atoms with E-state index < -0.39 is 0 Å². The molecular formula is C30H30BNO. The molecule has 0 N–H and O–H groups in total. The minimum absolute atomic E-state index is 0.0254. The van der Waals surface area contributed by atoms with Crippen LogP contribution in [0.2, 0.25) is 0 Å². The van der Waals surface area contributed by atoms with Crippen LogP contribution in [0.3, 0.4) is 0 Å². The molecule has 0 atom stereocenters. The molecule has 0 bridgehead atoms. The van der Waals surface area contributed by atoms with Gasteiger partial charge < -0.3 is 9.55 Å². The molecule has 4 aromatic carbocycles. The predicted octanol–water partition coefficient (Wildman–Crippen LogP) is 6.59. The minimum Gasteiger partial charge on any atom is -0.453 e. The SMILES string of the molecule is Cc1cc(C)c(B(c2c(C)cc(C)cc2C)N2c3ccccc3Oc3ccccc32)c(C)c1. The van der Waals surface area contributed by atoms with Crippen LogP contribution in [0, 0.1) is 41.5 Å². The first kappa shape index (κ1) is 21.4. The second-order valence-corrected chi connectivity index (χ2v) is 9.43. The van der Waals surface area contributed by atoms with Crippen molar-refractivity contribution in [3.8, 4) is 11.5 Å². The molecule has 1 aliphatic heterocycles. The Morgan fingerprint density at radius 2 is 0.909 bits per heavy atom. The minimum atomic E-state index is 0.0254. The maximum atomic E-state index is 6.35. The number of hydrogen-bond acceptors (Lipinski definition) is 2. The average Bonchev–Trinajstić information content (AvgIpc) is 2.75. The van der Waals surface area contributed by atoms with Crippen LogP contribution >= 0.6 is 0 Å². The summed E-state index contributed by atoms with van der Waals surface area (Å²) in [6.07, 6.45) is 0. The van der Waals surface area contributed by atoms with Gasteiger partial charge in [0.1, 0.15) is 11.5 Å². The van der Waals surface area contributed by atoms with Crippen LogP contribution in [-0.4, -0.2) is 6.85 Å². The third-order valence-corrected chi connectivity index (χ3v) is 6.75. The molecule has 0 radical (unpaired) electrons. The number of para-hydroxylation sites is 4. The van der Waals surface area contributed by atoms with Crippen LogP contribution < -0.4 is 20.5 Å². The molecule has 0 amide bonds. The van der Waals surface area contributed by atoms with Gasteiger partial charge in [-0.1, -0.05) is 81.9 Å². The predicted molar refractivity (Wildman–Crippen MR) is 141 cm³/mol. The van der Waals surface area contributed by atoms with Crippen molar-refractivity contribution >= 4 is 29.1 Å². The van der Waals surface area contributed by atoms with Gasteiger partial charge in [0.15, 0.2) is 0 Å². The Kier molecular flexibility index (Phi) is 5.28. The zero-order chi connectivity index (χ0) is 23.3. The third kappa shape index (κ3) is 3.62. The van der Waals surface area contributed by atoms with Crippen molar-refractivity contribution in [1.29, 1.82) is 0 Å². The largest absolute Gasteiger partial charge is 0.453 e. The second-order valence-electron chi connectivity index (χ2n) is 9.43. The van der Waals surface area contributed by atoms with E-state index in [0.29, 0.717) is 0 Å². The molecule has 0 saturated heterocycles. The summed E-state index contributed by atoms with van der Waals surface area (Å²) in [6.45, 7) is 13.4. The lowest BCUT2D eigenvalue weighted by Gasteiger charge is -2.39. The van der Waals surface area contributed by atoms with Crippen molar-refractivity contribution in [2.24, 2.45) is 0 Å². The number of rotatable bonds is 3. The van der Waals surface area contributed by atoms with Gasteiger partial charge in [-0.2, -0.15) is 0 Å². The van der Waals surface area contributed by atoms with Gasteiger partial charge in [0, 0.05) is 0 Å². The zero-order valence-electron chi connectivity index (χ0n) is 20.4. The van der Waals surface area contributed by atoms with Crippen molar-refractivity contribution < 1.29 is 4.74 Å². The second kappa shape index (κ2) is 8.15. The van der Waals surface area contributed by atoms with Gasteiger partial charge in [-0.25, -0.2) is 0 Å². The summed E-state index contributed by atoms with van der Waals surface area (Å²) >= 11 is 0. The van der Waals surface area contributed by atoms with E-state index in [9.17, 15) is 0 Å². The van der Waals surface area contributed by atoms with Crippen molar-refractivity contribution in [2.45, 2.75) is 41.5 Å².